The Hall–Kier alpha value is -1.11. The minimum Gasteiger partial charge on any atom is -0.407 e. The second kappa shape index (κ2) is 7.35. The number of thiophene rings is 1. The first-order valence-corrected chi connectivity index (χ1v) is 6.47. The van der Waals surface area contributed by atoms with Gasteiger partial charge in [-0.25, -0.2) is 0 Å². The molecule has 18 heavy (non-hydrogen) atoms. The van der Waals surface area contributed by atoms with Crippen molar-refractivity contribution in [1.29, 1.82) is 0 Å². The maximum atomic E-state index is 5.42. The van der Waals surface area contributed by atoms with Crippen molar-refractivity contribution in [3.8, 4) is 0 Å². The van der Waals surface area contributed by atoms with Crippen molar-refractivity contribution in [1.82, 2.24) is 15.5 Å². The summed E-state index contributed by atoms with van der Waals surface area (Å²) in [6, 6.07) is 2.88. The zero-order chi connectivity index (χ0) is 12.1. The van der Waals surface area contributed by atoms with Crippen molar-refractivity contribution in [3.05, 3.63) is 28.3 Å². The van der Waals surface area contributed by atoms with Gasteiger partial charge in [0.2, 0.25) is 5.89 Å². The fourth-order valence-corrected chi connectivity index (χ4v) is 2.24. The third-order valence-electron chi connectivity index (χ3n) is 2.29. The molecule has 0 fully saturated rings. The highest BCUT2D eigenvalue weighted by atomic mass is 35.5. The molecule has 100 valence electrons. The molecule has 0 bridgehead atoms. The number of aromatic nitrogens is 2. The number of halogens is 1. The zero-order valence-electron chi connectivity index (χ0n) is 10.3. The van der Waals surface area contributed by atoms with Crippen LogP contribution in [0.25, 0.3) is 0 Å². The molecule has 7 heteroatoms. The van der Waals surface area contributed by atoms with E-state index in [2.05, 4.69) is 44.6 Å². The highest BCUT2D eigenvalue weighted by Gasteiger charge is 2.09. The molecule has 0 spiro atoms. The maximum absolute atomic E-state index is 5.42. The van der Waals surface area contributed by atoms with Crippen LogP contribution < -0.4 is 10.6 Å². The van der Waals surface area contributed by atoms with Gasteiger partial charge in [0.25, 0.3) is 0 Å². The zero-order valence-corrected chi connectivity index (χ0v) is 12.0. The van der Waals surface area contributed by atoms with Gasteiger partial charge < -0.3 is 15.1 Å². The van der Waals surface area contributed by atoms with E-state index in [1.165, 1.54) is 5.56 Å². The van der Waals surface area contributed by atoms with Crippen LogP contribution in [-0.2, 0) is 13.0 Å². The monoisotopic (exact) mass is 288 g/mol. The molecule has 0 radical (unpaired) electrons. The predicted octanol–water partition coefficient (Wildman–Crippen LogP) is 2.32. The molecule has 5 nitrogen and oxygen atoms in total. The average Bonchev–Trinajstić information content (AvgIpc) is 2.91. The number of rotatable bonds is 6. The van der Waals surface area contributed by atoms with E-state index in [9.17, 15) is 0 Å². The van der Waals surface area contributed by atoms with Crippen LogP contribution >= 0.6 is 23.7 Å². The molecule has 0 aromatic carbocycles. The normalized spacial score (nSPS) is 11.9. The molecule has 2 heterocycles. The van der Waals surface area contributed by atoms with Gasteiger partial charge in [-0.05, 0) is 42.8 Å². The summed E-state index contributed by atoms with van der Waals surface area (Å²) in [6.07, 6.45) is 0.952. The summed E-state index contributed by atoms with van der Waals surface area (Å²) in [4.78, 5) is 0. The summed E-state index contributed by atoms with van der Waals surface area (Å²) in [5.41, 5.74) is 1.32. The fraction of sp³-hybridized carbons (Fsp3) is 0.455. The van der Waals surface area contributed by atoms with Crippen LogP contribution in [0, 0.1) is 0 Å². The first-order valence-electron chi connectivity index (χ1n) is 5.52. The first-order chi connectivity index (χ1) is 8.28. The summed E-state index contributed by atoms with van der Waals surface area (Å²) in [5.74, 6) is 0.595. The Morgan fingerprint density at radius 1 is 1.44 bits per heavy atom. The summed E-state index contributed by atoms with van der Waals surface area (Å²) >= 11 is 1.71. The first kappa shape index (κ1) is 14.9. The summed E-state index contributed by atoms with van der Waals surface area (Å²) < 4.78 is 5.42. The lowest BCUT2D eigenvalue weighted by Crippen LogP contribution is -2.17. The molecule has 1 atom stereocenters. The lowest BCUT2D eigenvalue weighted by atomic mass is 10.1. The van der Waals surface area contributed by atoms with E-state index in [0.29, 0.717) is 18.5 Å². The Balaban J connectivity index is 0.00000162. The van der Waals surface area contributed by atoms with Crippen LogP contribution in [0.4, 0.5) is 6.01 Å². The van der Waals surface area contributed by atoms with E-state index in [1.54, 1.807) is 11.3 Å². The molecule has 2 N–H and O–H groups in total. The molecule has 1 unspecified atom stereocenters. The van der Waals surface area contributed by atoms with Gasteiger partial charge in [-0.2, -0.15) is 11.3 Å². The molecule has 2 aromatic heterocycles. The van der Waals surface area contributed by atoms with Gasteiger partial charge in [0.1, 0.15) is 0 Å². The average molecular weight is 289 g/mol. The number of nitrogens with zero attached hydrogens (tertiary/aromatic N) is 2. The maximum Gasteiger partial charge on any atom is 0.315 e. The fourth-order valence-electron chi connectivity index (χ4n) is 1.56. The third kappa shape index (κ3) is 4.29. The molecule has 0 amide bonds. The quantitative estimate of drug-likeness (QED) is 0.854. The lowest BCUT2D eigenvalue weighted by molar-refractivity contribution is 0.485. The predicted molar refractivity (Wildman–Crippen MR) is 75.4 cm³/mol. The molecule has 2 rings (SSSR count). The third-order valence-corrected chi connectivity index (χ3v) is 3.02. The van der Waals surface area contributed by atoms with Gasteiger partial charge in [0.05, 0.1) is 6.54 Å². The van der Waals surface area contributed by atoms with Crippen molar-refractivity contribution in [2.45, 2.75) is 25.9 Å². The molecule has 0 aliphatic heterocycles. The van der Waals surface area contributed by atoms with Crippen molar-refractivity contribution in [2.75, 3.05) is 12.4 Å². The number of hydrogen-bond donors (Lipinski definition) is 2. The minimum atomic E-state index is 0. The van der Waals surface area contributed by atoms with Crippen LogP contribution in [0.15, 0.2) is 21.2 Å². The van der Waals surface area contributed by atoms with E-state index in [4.69, 9.17) is 4.42 Å². The Morgan fingerprint density at radius 2 is 2.28 bits per heavy atom. The molecule has 0 saturated heterocycles. The Labute approximate surface area is 116 Å². The van der Waals surface area contributed by atoms with E-state index in [0.717, 1.165) is 6.42 Å². The minimum absolute atomic E-state index is 0. The molecular formula is C11H17ClN4OS. The van der Waals surface area contributed by atoms with Gasteiger partial charge in [0.15, 0.2) is 0 Å². The van der Waals surface area contributed by atoms with Crippen molar-refractivity contribution in [3.63, 3.8) is 0 Å². The molecular weight excluding hydrogens is 272 g/mol. The molecule has 0 saturated carbocycles. The van der Waals surface area contributed by atoms with Gasteiger partial charge in [-0.15, -0.1) is 17.5 Å². The molecule has 0 aliphatic carbocycles. The van der Waals surface area contributed by atoms with Crippen LogP contribution in [0.5, 0.6) is 0 Å². The van der Waals surface area contributed by atoms with Crippen molar-refractivity contribution < 1.29 is 4.42 Å². The SMILES string of the molecule is CNCc1nnc(NC(C)Cc2ccsc2)o1.Cl. The van der Waals surface area contributed by atoms with Gasteiger partial charge in [0, 0.05) is 6.04 Å². The molecule has 2 aromatic rings. The Kier molecular flexibility index (Phi) is 6.11. The topological polar surface area (TPSA) is 63.0 Å². The molecule has 0 aliphatic rings. The highest BCUT2D eigenvalue weighted by Crippen LogP contribution is 2.12. The summed E-state index contributed by atoms with van der Waals surface area (Å²) in [7, 11) is 1.84. The van der Waals surface area contributed by atoms with E-state index in [-0.39, 0.29) is 18.4 Å². The Bertz CT molecular complexity index is 446. The number of nitrogens with one attached hydrogen (secondary N) is 2. The second-order valence-electron chi connectivity index (χ2n) is 3.91. The van der Waals surface area contributed by atoms with E-state index in [1.807, 2.05) is 7.05 Å². The standard InChI is InChI=1S/C11H16N4OS.ClH/c1-8(5-9-3-4-17-7-9)13-11-15-14-10(16-11)6-12-2;/h3-4,7-8,12H,5-6H2,1-2H3,(H,13,15);1H. The van der Waals surface area contributed by atoms with Crippen LogP contribution in [0.1, 0.15) is 18.4 Å². The number of anilines is 1. The van der Waals surface area contributed by atoms with Crippen molar-refractivity contribution >= 4 is 29.8 Å². The van der Waals surface area contributed by atoms with Crippen LogP contribution in [-0.4, -0.2) is 23.3 Å². The van der Waals surface area contributed by atoms with Crippen molar-refractivity contribution in [2.24, 2.45) is 0 Å². The van der Waals surface area contributed by atoms with E-state index < -0.39 is 0 Å². The van der Waals surface area contributed by atoms with E-state index >= 15 is 0 Å². The smallest absolute Gasteiger partial charge is 0.315 e. The van der Waals surface area contributed by atoms with Crippen LogP contribution in [0.2, 0.25) is 0 Å². The largest absolute Gasteiger partial charge is 0.407 e. The van der Waals surface area contributed by atoms with Crippen LogP contribution in [0.3, 0.4) is 0 Å². The number of hydrogen-bond acceptors (Lipinski definition) is 6. The van der Waals surface area contributed by atoms with Gasteiger partial charge in [-0.1, -0.05) is 5.10 Å². The summed E-state index contributed by atoms with van der Waals surface area (Å²) in [5, 5.41) is 18.2. The second-order valence-corrected chi connectivity index (χ2v) is 4.69. The van der Waals surface area contributed by atoms with Gasteiger partial charge in [-0.3, -0.25) is 0 Å². The highest BCUT2D eigenvalue weighted by molar-refractivity contribution is 7.07. The van der Waals surface area contributed by atoms with Gasteiger partial charge >= 0.3 is 6.01 Å². The Morgan fingerprint density at radius 3 is 2.94 bits per heavy atom. The summed E-state index contributed by atoms with van der Waals surface area (Å²) in [6.45, 7) is 2.69. The lowest BCUT2D eigenvalue weighted by Gasteiger charge is -2.10.